The molecule has 0 fully saturated rings. The van der Waals surface area contributed by atoms with Crippen molar-refractivity contribution in [2.75, 3.05) is 5.75 Å². The van der Waals surface area contributed by atoms with E-state index in [0.717, 1.165) is 0 Å². The van der Waals surface area contributed by atoms with Crippen LogP contribution in [-0.4, -0.2) is 5.75 Å². The van der Waals surface area contributed by atoms with Crippen LogP contribution in [0.15, 0.2) is 54.6 Å². The third-order valence-corrected chi connectivity index (χ3v) is 6.56. The summed E-state index contributed by atoms with van der Waals surface area (Å²) in [5, 5.41) is 0.643. The molecule has 0 radical (unpaired) electrons. The standard InChI is InChI=1S/C18H21S/c1-2-3-13-19-14-16-11-7-8-12-17(16)18(19)15-9-5-4-6-10-15/h4-12,18H,2-3,13-14H2,1H3/q+1. The highest BCUT2D eigenvalue weighted by Crippen LogP contribution is 2.42. The van der Waals surface area contributed by atoms with Crippen molar-refractivity contribution in [1.82, 2.24) is 0 Å². The van der Waals surface area contributed by atoms with Crippen LogP contribution in [-0.2, 0) is 16.6 Å². The first-order valence-corrected chi connectivity index (χ1v) is 8.82. The smallest absolute Gasteiger partial charge is 0.0652 e. The largest absolute Gasteiger partial charge is 0.169 e. The fourth-order valence-electron chi connectivity index (χ4n) is 2.90. The van der Waals surface area contributed by atoms with Crippen molar-refractivity contribution < 1.29 is 0 Å². The van der Waals surface area contributed by atoms with Gasteiger partial charge in [-0.3, -0.25) is 0 Å². The minimum atomic E-state index is 0.488. The average molecular weight is 269 g/mol. The Morgan fingerprint density at radius 2 is 1.74 bits per heavy atom. The van der Waals surface area contributed by atoms with Gasteiger partial charge in [0.15, 0.2) is 5.25 Å². The average Bonchev–Trinajstić information content (AvgIpc) is 2.84. The van der Waals surface area contributed by atoms with E-state index in [9.17, 15) is 0 Å². The first-order chi connectivity index (χ1) is 9.40. The fourth-order valence-corrected chi connectivity index (χ4v) is 5.90. The van der Waals surface area contributed by atoms with Crippen LogP contribution in [0.3, 0.4) is 0 Å². The minimum absolute atomic E-state index is 0.488. The van der Waals surface area contributed by atoms with E-state index in [-0.39, 0.29) is 0 Å². The van der Waals surface area contributed by atoms with Gasteiger partial charge in [-0.25, -0.2) is 0 Å². The third kappa shape index (κ3) is 2.57. The van der Waals surface area contributed by atoms with Crippen LogP contribution in [0.5, 0.6) is 0 Å². The minimum Gasteiger partial charge on any atom is -0.0652 e. The summed E-state index contributed by atoms with van der Waals surface area (Å²) in [7, 11) is 0.488. The zero-order chi connectivity index (χ0) is 13.1. The summed E-state index contributed by atoms with van der Waals surface area (Å²) in [6, 6.07) is 20.1. The Labute approximate surface area is 119 Å². The first-order valence-electron chi connectivity index (χ1n) is 7.19. The molecule has 0 nitrogen and oxygen atoms in total. The Hall–Kier alpha value is -1.21. The molecule has 1 heterocycles. The second kappa shape index (κ2) is 5.83. The maximum atomic E-state index is 2.34. The Morgan fingerprint density at radius 3 is 2.53 bits per heavy atom. The lowest BCUT2D eigenvalue weighted by molar-refractivity contribution is 0.890. The number of hydrogen-bond donors (Lipinski definition) is 0. The lowest BCUT2D eigenvalue weighted by atomic mass is 10.0. The summed E-state index contributed by atoms with van der Waals surface area (Å²) in [4.78, 5) is 0. The highest BCUT2D eigenvalue weighted by molar-refractivity contribution is 7.96. The third-order valence-electron chi connectivity index (χ3n) is 3.87. The van der Waals surface area contributed by atoms with Crippen LogP contribution in [0.25, 0.3) is 0 Å². The van der Waals surface area contributed by atoms with Gasteiger partial charge in [-0.1, -0.05) is 67.9 Å². The lowest BCUT2D eigenvalue weighted by Gasteiger charge is -2.13. The Balaban J connectivity index is 1.96. The van der Waals surface area contributed by atoms with E-state index in [2.05, 4.69) is 61.5 Å². The van der Waals surface area contributed by atoms with Gasteiger partial charge in [-0.2, -0.15) is 0 Å². The SMILES string of the molecule is CCCC[S+]1Cc2ccccc2C1c1ccccc1. The van der Waals surface area contributed by atoms with Gasteiger partial charge >= 0.3 is 0 Å². The van der Waals surface area contributed by atoms with Gasteiger partial charge in [-0.05, 0) is 6.42 Å². The van der Waals surface area contributed by atoms with Gasteiger partial charge < -0.3 is 0 Å². The predicted molar refractivity (Wildman–Crippen MR) is 85.6 cm³/mol. The first kappa shape index (κ1) is 12.8. The van der Waals surface area contributed by atoms with Crippen molar-refractivity contribution in [2.45, 2.75) is 30.8 Å². The molecule has 0 spiro atoms. The van der Waals surface area contributed by atoms with Crippen molar-refractivity contribution in [1.29, 1.82) is 0 Å². The van der Waals surface area contributed by atoms with Crippen molar-refractivity contribution in [3.05, 3.63) is 71.3 Å². The van der Waals surface area contributed by atoms with Crippen LogP contribution in [0.4, 0.5) is 0 Å². The monoisotopic (exact) mass is 269 g/mol. The second-order valence-corrected chi connectivity index (χ2v) is 7.47. The number of unbranched alkanes of at least 4 members (excludes halogenated alkanes) is 1. The summed E-state index contributed by atoms with van der Waals surface area (Å²) < 4.78 is 0. The maximum absolute atomic E-state index is 2.34. The van der Waals surface area contributed by atoms with E-state index in [0.29, 0.717) is 16.1 Å². The molecule has 98 valence electrons. The molecule has 0 saturated carbocycles. The Kier molecular flexibility index (Phi) is 3.93. The topological polar surface area (TPSA) is 0 Å². The molecule has 19 heavy (non-hydrogen) atoms. The van der Waals surface area contributed by atoms with Crippen molar-refractivity contribution in [3.63, 3.8) is 0 Å². The second-order valence-electron chi connectivity index (χ2n) is 5.23. The van der Waals surface area contributed by atoms with Crippen LogP contribution in [0.1, 0.15) is 41.7 Å². The van der Waals surface area contributed by atoms with Crippen LogP contribution in [0, 0.1) is 0 Å². The van der Waals surface area contributed by atoms with E-state index in [1.807, 2.05) is 0 Å². The molecule has 0 bridgehead atoms. The van der Waals surface area contributed by atoms with Gasteiger partial charge in [0.1, 0.15) is 11.5 Å². The van der Waals surface area contributed by atoms with Crippen molar-refractivity contribution in [2.24, 2.45) is 0 Å². The van der Waals surface area contributed by atoms with Crippen LogP contribution in [0.2, 0.25) is 0 Å². The quantitative estimate of drug-likeness (QED) is 0.705. The molecule has 2 atom stereocenters. The molecule has 1 heteroatoms. The van der Waals surface area contributed by atoms with Crippen LogP contribution >= 0.6 is 0 Å². The molecule has 2 aromatic carbocycles. The molecule has 0 saturated heterocycles. The molecule has 0 aliphatic carbocycles. The summed E-state index contributed by atoms with van der Waals surface area (Å²) in [5.74, 6) is 2.67. The van der Waals surface area contributed by atoms with Gasteiger partial charge in [0.2, 0.25) is 0 Å². The van der Waals surface area contributed by atoms with Crippen LogP contribution < -0.4 is 0 Å². The number of fused-ring (bicyclic) bond motifs is 1. The van der Waals surface area contributed by atoms with Crippen molar-refractivity contribution in [3.8, 4) is 0 Å². The predicted octanol–water partition coefficient (Wildman–Crippen LogP) is 4.71. The molecule has 3 rings (SSSR count). The molecule has 1 aliphatic rings. The summed E-state index contributed by atoms with van der Waals surface area (Å²) in [6.45, 7) is 2.30. The van der Waals surface area contributed by atoms with E-state index >= 15 is 0 Å². The van der Waals surface area contributed by atoms with Gasteiger partial charge in [0, 0.05) is 27.6 Å². The molecular formula is C18H21S+. The zero-order valence-electron chi connectivity index (χ0n) is 11.5. The summed E-state index contributed by atoms with van der Waals surface area (Å²) in [5.41, 5.74) is 4.66. The zero-order valence-corrected chi connectivity index (χ0v) is 12.3. The highest BCUT2D eigenvalue weighted by atomic mass is 32.2. The van der Waals surface area contributed by atoms with E-state index in [4.69, 9.17) is 0 Å². The lowest BCUT2D eigenvalue weighted by Crippen LogP contribution is -2.13. The van der Waals surface area contributed by atoms with E-state index < -0.39 is 0 Å². The van der Waals surface area contributed by atoms with Crippen molar-refractivity contribution >= 4 is 10.9 Å². The molecule has 2 unspecified atom stereocenters. The highest BCUT2D eigenvalue weighted by Gasteiger charge is 2.40. The summed E-state index contributed by atoms with van der Waals surface area (Å²) in [6.07, 6.45) is 2.67. The molecule has 0 aromatic heterocycles. The fraction of sp³-hybridized carbons (Fsp3) is 0.333. The van der Waals surface area contributed by atoms with Gasteiger partial charge in [0.05, 0.1) is 0 Å². The normalized spacial score (nSPS) is 21.3. The van der Waals surface area contributed by atoms with E-state index in [1.165, 1.54) is 29.9 Å². The summed E-state index contributed by atoms with van der Waals surface area (Å²) >= 11 is 0. The molecule has 2 aromatic rings. The maximum Gasteiger partial charge on any atom is 0.169 e. The number of hydrogen-bond acceptors (Lipinski definition) is 0. The Morgan fingerprint density at radius 1 is 1.00 bits per heavy atom. The molecule has 1 aliphatic heterocycles. The Bertz CT molecular complexity index is 532. The number of benzene rings is 2. The van der Waals surface area contributed by atoms with Gasteiger partial charge in [0.25, 0.3) is 0 Å². The molecule has 0 N–H and O–H groups in total. The molecule has 0 amide bonds. The number of rotatable bonds is 4. The van der Waals surface area contributed by atoms with E-state index in [1.54, 1.807) is 11.1 Å². The molecular weight excluding hydrogens is 248 g/mol. The van der Waals surface area contributed by atoms with Gasteiger partial charge in [-0.15, -0.1) is 0 Å².